The highest BCUT2D eigenvalue weighted by atomic mass is 35.5. The highest BCUT2D eigenvalue weighted by molar-refractivity contribution is 7.91. The molecule has 0 spiro atoms. The molecule has 2 heterocycles. The third-order valence-electron chi connectivity index (χ3n) is 5.41. The summed E-state index contributed by atoms with van der Waals surface area (Å²) in [5.41, 5.74) is 0.147. The van der Waals surface area contributed by atoms with Gasteiger partial charge in [-0.25, -0.2) is 36.0 Å². The van der Waals surface area contributed by atoms with Gasteiger partial charge in [0.05, 0.1) is 18.5 Å². The first-order valence-corrected chi connectivity index (χ1v) is 15.4. The van der Waals surface area contributed by atoms with Gasteiger partial charge in [0.2, 0.25) is 16.8 Å². The third kappa shape index (κ3) is 7.79. The van der Waals surface area contributed by atoms with E-state index in [1.165, 1.54) is 19.4 Å². The molecule has 0 saturated heterocycles. The standard InChI is InChI=1S/C23H29ClFN7O6S2/c1-13(2)31-11-17(18-6-7-26-22(29-18)27-10-14(3)28-23(33)38-4)21(30-31)16-8-15(24)9-19(20(16)25)32(39(34)35)12-40(5,36)37/h6-9,11,13-14,39H,10,12H2,1-5H3,(H,28,33)(H,26,27,29)/t14-/m0/s1. The lowest BCUT2D eigenvalue weighted by molar-refractivity contribution is 0.168. The molecule has 0 fully saturated rings. The molecule has 0 aliphatic heterocycles. The number of ether oxygens (including phenoxy) is 1. The molecule has 0 aliphatic rings. The van der Waals surface area contributed by atoms with E-state index >= 15 is 4.39 Å². The van der Waals surface area contributed by atoms with Crippen LogP contribution in [-0.4, -0.2) is 74.5 Å². The van der Waals surface area contributed by atoms with Crippen LogP contribution in [0.3, 0.4) is 0 Å². The normalized spacial score (nSPS) is 12.4. The van der Waals surface area contributed by atoms with Crippen LogP contribution in [0.25, 0.3) is 22.5 Å². The molecule has 13 nitrogen and oxygen atoms in total. The van der Waals surface area contributed by atoms with Crippen molar-refractivity contribution in [3.05, 3.63) is 41.4 Å². The van der Waals surface area contributed by atoms with E-state index in [0.29, 0.717) is 15.6 Å². The summed E-state index contributed by atoms with van der Waals surface area (Å²) < 4.78 is 70.0. The van der Waals surface area contributed by atoms with Gasteiger partial charge in [0, 0.05) is 53.4 Å². The molecule has 40 heavy (non-hydrogen) atoms. The average molecular weight is 618 g/mol. The molecule has 3 rings (SSSR count). The molecule has 17 heteroatoms. The fourth-order valence-corrected chi connectivity index (χ4v) is 5.68. The molecule has 0 bridgehead atoms. The zero-order valence-electron chi connectivity index (χ0n) is 22.3. The summed E-state index contributed by atoms with van der Waals surface area (Å²) in [6.45, 7) is 5.74. The molecule has 1 amide bonds. The number of hydrogen-bond acceptors (Lipinski definition) is 10. The Morgan fingerprint density at radius 3 is 2.55 bits per heavy atom. The largest absolute Gasteiger partial charge is 0.453 e. The number of nitrogens with zero attached hydrogens (tertiary/aromatic N) is 5. The average Bonchev–Trinajstić information content (AvgIpc) is 3.32. The van der Waals surface area contributed by atoms with E-state index in [2.05, 4.69) is 30.4 Å². The lowest BCUT2D eigenvalue weighted by atomic mass is 10.0. The number of amides is 1. The summed E-state index contributed by atoms with van der Waals surface area (Å²) in [7, 11) is -6.12. The Hall–Kier alpha value is -3.50. The van der Waals surface area contributed by atoms with Crippen LogP contribution in [0.15, 0.2) is 30.6 Å². The maximum atomic E-state index is 16.0. The predicted octanol–water partition coefficient (Wildman–Crippen LogP) is 2.87. The van der Waals surface area contributed by atoms with Crippen LogP contribution in [0.2, 0.25) is 5.02 Å². The second-order valence-corrected chi connectivity index (χ2v) is 12.6. The van der Waals surface area contributed by atoms with Crippen LogP contribution in [0.4, 0.5) is 20.8 Å². The number of anilines is 2. The summed E-state index contributed by atoms with van der Waals surface area (Å²) in [4.78, 5) is 20.1. The van der Waals surface area contributed by atoms with Crippen molar-refractivity contribution in [3.8, 4) is 22.5 Å². The predicted molar refractivity (Wildman–Crippen MR) is 150 cm³/mol. The lowest BCUT2D eigenvalue weighted by Crippen LogP contribution is -2.37. The van der Waals surface area contributed by atoms with Gasteiger partial charge in [-0.1, -0.05) is 11.6 Å². The first kappa shape index (κ1) is 31.0. The van der Waals surface area contributed by atoms with Crippen LogP contribution < -0.4 is 14.9 Å². The summed E-state index contributed by atoms with van der Waals surface area (Å²) in [5, 5.41) is 10.1. The van der Waals surface area contributed by atoms with Crippen molar-refractivity contribution in [1.82, 2.24) is 25.1 Å². The van der Waals surface area contributed by atoms with Gasteiger partial charge >= 0.3 is 6.09 Å². The van der Waals surface area contributed by atoms with Crippen molar-refractivity contribution in [2.75, 3.05) is 35.4 Å². The maximum absolute atomic E-state index is 16.0. The number of benzene rings is 1. The summed E-state index contributed by atoms with van der Waals surface area (Å²) in [6.07, 6.45) is 3.37. The number of sulfone groups is 1. The van der Waals surface area contributed by atoms with Crippen LogP contribution in [0, 0.1) is 5.82 Å². The van der Waals surface area contributed by atoms with Crippen LogP contribution in [0.1, 0.15) is 26.8 Å². The van der Waals surface area contributed by atoms with Crippen LogP contribution in [0.5, 0.6) is 0 Å². The Morgan fingerprint density at radius 2 is 1.95 bits per heavy atom. The number of hydrogen-bond donors (Lipinski definition) is 3. The molecule has 218 valence electrons. The van der Waals surface area contributed by atoms with Gasteiger partial charge in [-0.05, 0) is 39.0 Å². The second-order valence-electron chi connectivity index (χ2n) is 9.13. The number of nitrogens with one attached hydrogen (secondary N) is 2. The molecule has 2 N–H and O–H groups in total. The number of carbonyl (C=O) groups excluding carboxylic acids is 1. The van der Waals surface area contributed by atoms with Gasteiger partial charge < -0.3 is 15.4 Å². The van der Waals surface area contributed by atoms with Gasteiger partial charge in [0.1, 0.15) is 11.6 Å². The number of rotatable bonds is 11. The number of carbonyl (C=O) groups is 1. The van der Waals surface area contributed by atoms with Crippen LogP contribution >= 0.6 is 11.6 Å². The molecular weight excluding hydrogens is 589 g/mol. The van der Waals surface area contributed by atoms with Crippen molar-refractivity contribution in [2.45, 2.75) is 32.9 Å². The fraction of sp³-hybridized carbons (Fsp3) is 0.391. The van der Waals surface area contributed by atoms with Gasteiger partial charge in [-0.2, -0.15) is 5.10 Å². The summed E-state index contributed by atoms with van der Waals surface area (Å²) >= 11 is 6.25. The van der Waals surface area contributed by atoms with E-state index in [0.717, 1.165) is 12.3 Å². The lowest BCUT2D eigenvalue weighted by Gasteiger charge is -2.19. The number of thiol groups is 1. The van der Waals surface area contributed by atoms with E-state index in [-0.39, 0.29) is 40.9 Å². The quantitative estimate of drug-likeness (QED) is 0.272. The Kier molecular flexibility index (Phi) is 9.92. The Labute approximate surface area is 237 Å². The molecule has 0 aliphatic carbocycles. The topological polar surface area (TPSA) is 165 Å². The SMILES string of the molecule is COC(=O)N[C@@H](C)CNc1nccc(-c2cn(C(C)C)nc2-c2cc(Cl)cc(N(CS(C)(=O)=O)[SH](=O)=O)c2F)n1. The first-order valence-electron chi connectivity index (χ1n) is 11.8. The van der Waals surface area contributed by atoms with Crippen molar-refractivity contribution >= 4 is 50.1 Å². The minimum absolute atomic E-state index is 0.0380. The summed E-state index contributed by atoms with van der Waals surface area (Å²) in [5.74, 6) is -1.79. The number of aromatic nitrogens is 4. The zero-order valence-corrected chi connectivity index (χ0v) is 24.7. The molecular formula is C23H29ClFN7O6S2. The maximum Gasteiger partial charge on any atom is 0.407 e. The summed E-state index contributed by atoms with van der Waals surface area (Å²) in [6, 6.07) is 3.43. The minimum Gasteiger partial charge on any atom is -0.453 e. The van der Waals surface area contributed by atoms with Crippen molar-refractivity contribution in [3.63, 3.8) is 0 Å². The fourth-order valence-electron chi connectivity index (χ4n) is 3.55. The molecule has 3 aromatic rings. The van der Waals surface area contributed by atoms with Gasteiger partial charge in [0.25, 0.3) is 0 Å². The molecule has 0 radical (unpaired) electrons. The Bertz CT molecular complexity index is 1570. The third-order valence-corrected chi connectivity index (χ3v) is 7.30. The number of methoxy groups -OCH3 is 1. The van der Waals surface area contributed by atoms with Crippen LogP contribution in [-0.2, 0) is 25.5 Å². The molecule has 2 aromatic heterocycles. The van der Waals surface area contributed by atoms with Crippen molar-refractivity contribution < 1.29 is 30.8 Å². The molecule has 1 aromatic carbocycles. The smallest absolute Gasteiger partial charge is 0.407 e. The monoisotopic (exact) mass is 617 g/mol. The van der Waals surface area contributed by atoms with Crippen molar-refractivity contribution in [1.29, 1.82) is 0 Å². The van der Waals surface area contributed by atoms with E-state index < -0.39 is 44.2 Å². The first-order chi connectivity index (χ1) is 18.7. The minimum atomic E-state index is -3.85. The van der Waals surface area contributed by atoms with E-state index in [1.54, 1.807) is 23.9 Å². The Morgan fingerprint density at radius 1 is 1.25 bits per heavy atom. The molecule has 0 unspecified atom stereocenters. The van der Waals surface area contributed by atoms with E-state index in [4.69, 9.17) is 11.6 Å². The van der Waals surface area contributed by atoms with E-state index in [9.17, 15) is 21.6 Å². The van der Waals surface area contributed by atoms with Crippen molar-refractivity contribution in [2.24, 2.45) is 0 Å². The highest BCUT2D eigenvalue weighted by Gasteiger charge is 2.26. The molecule has 0 saturated carbocycles. The van der Waals surface area contributed by atoms with Gasteiger partial charge in [-0.3, -0.25) is 8.99 Å². The number of alkyl carbamates (subject to hydrolysis) is 1. The highest BCUT2D eigenvalue weighted by Crippen LogP contribution is 2.38. The zero-order chi connectivity index (χ0) is 29.8. The Balaban J connectivity index is 2.10. The van der Waals surface area contributed by atoms with E-state index in [1.807, 2.05) is 13.8 Å². The molecule has 1 atom stereocenters. The number of halogens is 2. The van der Waals surface area contributed by atoms with Gasteiger partial charge in [-0.15, -0.1) is 0 Å². The second kappa shape index (κ2) is 12.8. The van der Waals surface area contributed by atoms with Gasteiger partial charge in [0.15, 0.2) is 15.7 Å².